The first-order valence-electron chi connectivity index (χ1n) is 19.7. The molecule has 0 spiro atoms. The molecule has 13 nitrogen and oxygen atoms in total. The van der Waals surface area contributed by atoms with Gasteiger partial charge in [0.2, 0.25) is 21.8 Å². The van der Waals surface area contributed by atoms with E-state index in [1.807, 2.05) is 24.4 Å². The lowest BCUT2D eigenvalue weighted by molar-refractivity contribution is -0.141. The zero-order valence-electron chi connectivity index (χ0n) is 30.8. The maximum atomic E-state index is 14.9. The van der Waals surface area contributed by atoms with Crippen LogP contribution in [-0.2, 0) is 48.7 Å². The molecule has 54 heavy (non-hydrogen) atoms. The number of sulfonamides is 1. The Balaban J connectivity index is 1.09. The first-order chi connectivity index (χ1) is 26.0. The average Bonchev–Trinajstić information content (AvgIpc) is 3.98. The molecule has 1 aromatic carbocycles. The second kappa shape index (κ2) is 14.9. The van der Waals surface area contributed by atoms with Crippen molar-refractivity contribution in [2.45, 2.75) is 132 Å². The smallest absolute Gasteiger partial charge is 0.410 e. The van der Waals surface area contributed by atoms with Crippen LogP contribution >= 0.6 is 11.3 Å². The standard InChI is InChI=1S/C39H50N6O7S2/c1-2-27-19-39(27,36(48)43-54(50,51)30-16-17-30)42-34(46)32-18-29-21-45(32)35(47)33(25-11-6-3-7-12-25)41-37-40-28(23-53-37)15-8-4-5-10-24-13-9-14-26-20-44(22-31(24)26)38(49)52-29/h5,9-10,13-14,23,25,27,29-30,32-33H,2-4,6-8,11-12,15-22H2,1H3,(H,40,41)(H,42,46)(H,43,48)/b10-5+/t27-,29-,32+,33+,39-/m1/s1. The Kier molecular flexibility index (Phi) is 10.2. The molecule has 1 aromatic heterocycles. The van der Waals surface area contributed by atoms with Crippen molar-refractivity contribution in [2.75, 3.05) is 11.9 Å². The number of aryl methyl sites for hydroxylation is 1. The zero-order valence-corrected chi connectivity index (χ0v) is 32.4. The number of thiazole rings is 1. The summed E-state index contributed by atoms with van der Waals surface area (Å²) in [6.07, 6.45) is 12.3. The minimum Gasteiger partial charge on any atom is -0.444 e. The summed E-state index contributed by atoms with van der Waals surface area (Å²) in [5.41, 5.74) is 2.76. The van der Waals surface area contributed by atoms with Gasteiger partial charge in [0.05, 0.1) is 24.0 Å². The average molecular weight is 779 g/mol. The first kappa shape index (κ1) is 37.0. The molecule has 0 radical (unpaired) electrons. The molecular weight excluding hydrogens is 729 g/mol. The highest BCUT2D eigenvalue weighted by atomic mass is 32.2. The van der Waals surface area contributed by atoms with Crippen molar-refractivity contribution in [1.29, 1.82) is 0 Å². The molecule has 1 saturated heterocycles. The van der Waals surface area contributed by atoms with Gasteiger partial charge in [0.1, 0.15) is 23.7 Å². The molecule has 3 aliphatic heterocycles. The van der Waals surface area contributed by atoms with Crippen LogP contribution in [0.15, 0.2) is 29.7 Å². The fraction of sp³-hybridized carbons (Fsp3) is 0.615. The van der Waals surface area contributed by atoms with Gasteiger partial charge in [0.15, 0.2) is 5.13 Å². The molecule has 6 aliphatic rings. The van der Waals surface area contributed by atoms with E-state index in [2.05, 4.69) is 33.6 Å². The Morgan fingerprint density at radius 1 is 1.09 bits per heavy atom. The summed E-state index contributed by atoms with van der Waals surface area (Å²) in [6, 6.07) is 4.38. The van der Waals surface area contributed by atoms with Crippen LogP contribution in [0.25, 0.3) is 6.08 Å². The number of fused-ring (bicyclic) bond motifs is 5. The van der Waals surface area contributed by atoms with Gasteiger partial charge in [-0.1, -0.05) is 63.0 Å². The van der Waals surface area contributed by atoms with Crippen molar-refractivity contribution in [2.24, 2.45) is 11.8 Å². The van der Waals surface area contributed by atoms with E-state index in [1.54, 1.807) is 4.90 Å². The van der Waals surface area contributed by atoms with E-state index in [0.717, 1.165) is 73.8 Å². The van der Waals surface area contributed by atoms with Crippen LogP contribution in [0, 0.1) is 11.8 Å². The number of ether oxygens (including phenoxy) is 1. The van der Waals surface area contributed by atoms with Gasteiger partial charge in [-0.15, -0.1) is 11.3 Å². The lowest BCUT2D eigenvalue weighted by Crippen LogP contribution is -2.58. The number of nitrogens with one attached hydrogen (secondary N) is 3. The molecule has 290 valence electrons. The van der Waals surface area contributed by atoms with E-state index < -0.39 is 56.9 Å². The normalized spacial score (nSPS) is 29.6. The highest BCUT2D eigenvalue weighted by Crippen LogP contribution is 2.47. The van der Waals surface area contributed by atoms with Crippen molar-refractivity contribution < 1.29 is 32.3 Å². The fourth-order valence-electron chi connectivity index (χ4n) is 8.88. The zero-order chi connectivity index (χ0) is 37.6. The molecule has 4 fully saturated rings. The second-order valence-corrected chi connectivity index (χ2v) is 18.8. The van der Waals surface area contributed by atoms with Gasteiger partial charge in [-0.25, -0.2) is 18.2 Å². The molecule has 3 aliphatic carbocycles. The van der Waals surface area contributed by atoms with Gasteiger partial charge in [-0.05, 0) is 79.9 Å². The number of carbonyl (C=O) groups excluding carboxylic acids is 4. The van der Waals surface area contributed by atoms with Crippen LogP contribution in [0.2, 0.25) is 0 Å². The number of anilines is 1. The Hall–Kier alpha value is -3.98. The minimum absolute atomic E-state index is 0.0118. The SMILES string of the molecule is CC[C@@H]1C[C@]1(NC(=O)[C@@H]1C[C@@H]2CN1C(=O)[C@H](C1CCCCC1)Nc1nc(cs1)CCC/C=C/c1cccc3c1CN(C3)C(=O)O2)C(=O)NS(=O)(=O)C1CC1. The van der Waals surface area contributed by atoms with Crippen LogP contribution in [0.3, 0.4) is 0 Å². The number of amides is 4. The highest BCUT2D eigenvalue weighted by Gasteiger charge is 2.62. The van der Waals surface area contributed by atoms with E-state index in [4.69, 9.17) is 9.72 Å². The Morgan fingerprint density at radius 2 is 1.91 bits per heavy atom. The van der Waals surface area contributed by atoms with Crippen molar-refractivity contribution >= 4 is 56.4 Å². The van der Waals surface area contributed by atoms with Crippen molar-refractivity contribution in [1.82, 2.24) is 24.8 Å². The number of carbonyl (C=O) groups is 4. The van der Waals surface area contributed by atoms with E-state index in [1.165, 1.54) is 16.2 Å². The summed E-state index contributed by atoms with van der Waals surface area (Å²) in [6.45, 7) is 2.70. The molecule has 3 saturated carbocycles. The molecule has 4 amide bonds. The topological polar surface area (TPSA) is 167 Å². The van der Waals surface area contributed by atoms with E-state index in [9.17, 15) is 27.6 Å². The first-order valence-corrected chi connectivity index (χ1v) is 22.1. The number of benzene rings is 1. The molecule has 3 N–H and O–H groups in total. The Morgan fingerprint density at radius 3 is 2.67 bits per heavy atom. The number of nitrogens with zero attached hydrogens (tertiary/aromatic N) is 3. The number of hydrogen-bond acceptors (Lipinski definition) is 10. The number of hydrogen-bond donors (Lipinski definition) is 3. The lowest BCUT2D eigenvalue weighted by Gasteiger charge is -2.34. The summed E-state index contributed by atoms with van der Waals surface area (Å²) in [7, 11) is -3.84. The third-order valence-electron chi connectivity index (χ3n) is 12.3. The molecular formula is C39H50N6O7S2. The van der Waals surface area contributed by atoms with Gasteiger partial charge in [0, 0.05) is 18.3 Å². The predicted molar refractivity (Wildman–Crippen MR) is 204 cm³/mol. The maximum absolute atomic E-state index is 14.9. The van der Waals surface area contributed by atoms with Crippen LogP contribution in [0.4, 0.5) is 9.93 Å². The highest BCUT2D eigenvalue weighted by molar-refractivity contribution is 7.91. The molecule has 15 heteroatoms. The van der Waals surface area contributed by atoms with Crippen LogP contribution in [0.5, 0.6) is 0 Å². The Bertz CT molecular complexity index is 1940. The second-order valence-electron chi connectivity index (χ2n) is 16.0. The van der Waals surface area contributed by atoms with Crippen LogP contribution < -0.4 is 15.4 Å². The van der Waals surface area contributed by atoms with Crippen LogP contribution in [0.1, 0.15) is 106 Å². The maximum Gasteiger partial charge on any atom is 0.410 e. The van der Waals surface area contributed by atoms with Gasteiger partial charge in [-0.3, -0.25) is 24.0 Å². The minimum atomic E-state index is -3.84. The Labute approximate surface area is 320 Å². The summed E-state index contributed by atoms with van der Waals surface area (Å²) < 4.78 is 33.9. The molecule has 8 rings (SSSR count). The van der Waals surface area contributed by atoms with Crippen molar-refractivity contribution in [3.8, 4) is 0 Å². The summed E-state index contributed by atoms with van der Waals surface area (Å²) in [4.78, 5) is 64.7. The quantitative estimate of drug-likeness (QED) is 0.356. The molecule has 0 unspecified atom stereocenters. The molecule has 4 heterocycles. The van der Waals surface area contributed by atoms with Gasteiger partial charge < -0.3 is 20.3 Å². The number of rotatable bonds is 7. The number of aromatic nitrogens is 1. The van der Waals surface area contributed by atoms with E-state index in [0.29, 0.717) is 43.9 Å². The largest absolute Gasteiger partial charge is 0.444 e. The van der Waals surface area contributed by atoms with E-state index >= 15 is 0 Å². The summed E-state index contributed by atoms with van der Waals surface area (Å²) in [5, 5.41) is 8.50. The van der Waals surface area contributed by atoms with Gasteiger partial charge in [0.25, 0.3) is 5.91 Å². The lowest BCUT2D eigenvalue weighted by atomic mass is 9.83. The van der Waals surface area contributed by atoms with Crippen LogP contribution in [-0.4, -0.2) is 82.5 Å². The van der Waals surface area contributed by atoms with Crippen molar-refractivity contribution in [3.63, 3.8) is 0 Å². The monoisotopic (exact) mass is 778 g/mol. The van der Waals surface area contributed by atoms with Crippen molar-refractivity contribution in [3.05, 3.63) is 52.0 Å². The molecule has 2 aromatic rings. The van der Waals surface area contributed by atoms with Gasteiger partial charge in [-0.2, -0.15) is 0 Å². The molecule has 5 atom stereocenters. The van der Waals surface area contributed by atoms with E-state index in [-0.39, 0.29) is 30.7 Å². The van der Waals surface area contributed by atoms with Gasteiger partial charge >= 0.3 is 6.09 Å². The summed E-state index contributed by atoms with van der Waals surface area (Å²) >= 11 is 1.47. The molecule has 6 bridgehead atoms. The number of allylic oxidation sites excluding steroid dienone is 1. The fourth-order valence-corrected chi connectivity index (χ4v) is 11.0. The summed E-state index contributed by atoms with van der Waals surface area (Å²) in [5.74, 6) is -1.80. The third-order valence-corrected chi connectivity index (χ3v) is 14.9. The predicted octanol–water partition coefficient (Wildman–Crippen LogP) is 4.87. The third kappa shape index (κ3) is 7.49.